The first-order valence-electron chi connectivity index (χ1n) is 8.76. The molecule has 0 unspecified atom stereocenters. The van der Waals surface area contributed by atoms with E-state index in [0.717, 1.165) is 24.5 Å². The van der Waals surface area contributed by atoms with Gasteiger partial charge in [-0.3, -0.25) is 4.79 Å². The highest BCUT2D eigenvalue weighted by Gasteiger charge is 2.08. The lowest BCUT2D eigenvalue weighted by atomic mass is 10.2. The van der Waals surface area contributed by atoms with E-state index in [1.54, 1.807) is 12.1 Å². The van der Waals surface area contributed by atoms with E-state index in [9.17, 15) is 4.79 Å². The first-order valence-corrected chi connectivity index (χ1v) is 8.76. The van der Waals surface area contributed by atoms with Gasteiger partial charge in [-0.1, -0.05) is 0 Å². The topological polar surface area (TPSA) is 57.5 Å². The minimum absolute atomic E-state index is 0.261. The Kier molecular flexibility index (Phi) is 5.59. The van der Waals surface area contributed by atoms with Crippen molar-refractivity contribution in [2.45, 2.75) is 13.8 Å². The monoisotopic (exact) mass is 349 g/mol. The van der Waals surface area contributed by atoms with Gasteiger partial charge < -0.3 is 20.0 Å². The van der Waals surface area contributed by atoms with Gasteiger partial charge in [-0.25, -0.2) is 0 Å². The molecule has 0 radical (unpaired) electrons. The number of carbonyl (C=O) groups is 1. The van der Waals surface area contributed by atoms with Crippen molar-refractivity contribution in [2.24, 2.45) is 0 Å². The maximum atomic E-state index is 12.0. The van der Waals surface area contributed by atoms with Crippen LogP contribution in [0, 0.1) is 0 Å². The molecule has 2 aromatic carbocycles. The van der Waals surface area contributed by atoms with Crippen LogP contribution in [0.5, 0.6) is 0 Å². The van der Waals surface area contributed by atoms with Gasteiger partial charge in [0.05, 0.1) is 6.26 Å². The number of nitrogens with one attached hydrogen (secondary N) is 2. The van der Waals surface area contributed by atoms with Crippen LogP contribution in [-0.4, -0.2) is 19.0 Å². The molecular formula is C21H23N3O2. The lowest BCUT2D eigenvalue weighted by Gasteiger charge is -2.21. The van der Waals surface area contributed by atoms with E-state index in [2.05, 4.69) is 53.6 Å². The molecule has 0 aliphatic carbocycles. The van der Waals surface area contributed by atoms with Crippen LogP contribution in [0.4, 0.5) is 22.7 Å². The van der Waals surface area contributed by atoms with E-state index in [4.69, 9.17) is 4.42 Å². The van der Waals surface area contributed by atoms with Crippen LogP contribution in [0.3, 0.4) is 0 Å². The zero-order chi connectivity index (χ0) is 18.4. The predicted molar refractivity (Wildman–Crippen MR) is 106 cm³/mol. The van der Waals surface area contributed by atoms with Crippen molar-refractivity contribution in [1.29, 1.82) is 0 Å². The molecule has 0 bridgehead atoms. The van der Waals surface area contributed by atoms with Crippen LogP contribution in [0.15, 0.2) is 71.3 Å². The van der Waals surface area contributed by atoms with Gasteiger partial charge in [-0.15, -0.1) is 0 Å². The molecule has 0 aliphatic heterocycles. The molecule has 0 atom stereocenters. The summed E-state index contributed by atoms with van der Waals surface area (Å²) in [6.07, 6.45) is 1.48. The van der Waals surface area contributed by atoms with Gasteiger partial charge in [0.25, 0.3) is 5.91 Å². The van der Waals surface area contributed by atoms with Crippen LogP contribution < -0.4 is 15.5 Å². The maximum absolute atomic E-state index is 12.0. The molecule has 2 N–H and O–H groups in total. The first kappa shape index (κ1) is 17.6. The van der Waals surface area contributed by atoms with E-state index in [1.807, 2.05) is 24.3 Å². The molecular weight excluding hydrogens is 326 g/mol. The first-order chi connectivity index (χ1) is 12.7. The van der Waals surface area contributed by atoms with E-state index in [1.165, 1.54) is 12.0 Å². The fourth-order valence-corrected chi connectivity index (χ4v) is 2.75. The predicted octanol–water partition coefficient (Wildman–Crippen LogP) is 5.12. The van der Waals surface area contributed by atoms with Gasteiger partial charge >= 0.3 is 0 Å². The Hall–Kier alpha value is -3.21. The Bertz CT molecular complexity index is 821. The quantitative estimate of drug-likeness (QED) is 0.621. The molecule has 3 rings (SSSR count). The molecule has 0 aliphatic rings. The molecule has 3 aromatic rings. The minimum Gasteiger partial charge on any atom is -0.459 e. The maximum Gasteiger partial charge on any atom is 0.291 e. The number of furan rings is 1. The number of hydrogen-bond donors (Lipinski definition) is 2. The third-order valence-electron chi connectivity index (χ3n) is 4.17. The molecule has 5 nitrogen and oxygen atoms in total. The second-order valence-corrected chi connectivity index (χ2v) is 5.85. The third-order valence-corrected chi connectivity index (χ3v) is 4.17. The molecule has 0 fully saturated rings. The summed E-state index contributed by atoms with van der Waals surface area (Å²) in [5, 5.41) is 6.17. The Morgan fingerprint density at radius 2 is 1.46 bits per heavy atom. The second kappa shape index (κ2) is 8.25. The highest BCUT2D eigenvalue weighted by Crippen LogP contribution is 2.22. The zero-order valence-corrected chi connectivity index (χ0v) is 15.0. The molecule has 134 valence electrons. The lowest BCUT2D eigenvalue weighted by Crippen LogP contribution is -2.21. The van der Waals surface area contributed by atoms with Crippen LogP contribution >= 0.6 is 0 Å². The van der Waals surface area contributed by atoms with Gasteiger partial charge in [-0.05, 0) is 74.5 Å². The van der Waals surface area contributed by atoms with Gasteiger partial charge in [0.2, 0.25) is 0 Å². The fraction of sp³-hybridized carbons (Fsp3) is 0.190. The van der Waals surface area contributed by atoms with Crippen molar-refractivity contribution in [2.75, 3.05) is 28.6 Å². The number of rotatable bonds is 7. The number of nitrogens with zero attached hydrogens (tertiary/aromatic N) is 1. The van der Waals surface area contributed by atoms with E-state index in [0.29, 0.717) is 11.4 Å². The molecule has 0 spiro atoms. The lowest BCUT2D eigenvalue weighted by molar-refractivity contribution is 0.0996. The van der Waals surface area contributed by atoms with Crippen molar-refractivity contribution in [1.82, 2.24) is 0 Å². The standard InChI is InChI=1S/C21H23N3O2/c1-3-24(4-2)19-13-11-17(12-14-19)22-16-7-9-18(10-8-16)23-21(25)20-6-5-15-26-20/h5-15,22H,3-4H2,1-2H3,(H,23,25). The Morgan fingerprint density at radius 1 is 0.885 bits per heavy atom. The summed E-state index contributed by atoms with van der Waals surface area (Å²) >= 11 is 0. The van der Waals surface area contributed by atoms with Gasteiger partial charge in [-0.2, -0.15) is 0 Å². The van der Waals surface area contributed by atoms with E-state index < -0.39 is 0 Å². The number of anilines is 4. The summed E-state index contributed by atoms with van der Waals surface area (Å²) in [7, 11) is 0. The molecule has 26 heavy (non-hydrogen) atoms. The summed E-state index contributed by atoms with van der Waals surface area (Å²) < 4.78 is 5.08. The molecule has 5 heteroatoms. The van der Waals surface area contributed by atoms with Crippen LogP contribution in [0.2, 0.25) is 0 Å². The van der Waals surface area contributed by atoms with Crippen LogP contribution in [0.1, 0.15) is 24.4 Å². The van der Waals surface area contributed by atoms with Crippen molar-refractivity contribution in [3.8, 4) is 0 Å². The highest BCUT2D eigenvalue weighted by atomic mass is 16.3. The summed E-state index contributed by atoms with van der Waals surface area (Å²) in [5.41, 5.74) is 3.91. The largest absolute Gasteiger partial charge is 0.459 e. The summed E-state index contributed by atoms with van der Waals surface area (Å²) in [6, 6.07) is 19.3. The minimum atomic E-state index is -0.261. The average Bonchev–Trinajstić information content (AvgIpc) is 3.21. The molecule has 0 saturated heterocycles. The number of amides is 1. The zero-order valence-electron chi connectivity index (χ0n) is 15.0. The van der Waals surface area contributed by atoms with Gasteiger partial charge in [0, 0.05) is 35.8 Å². The second-order valence-electron chi connectivity index (χ2n) is 5.85. The van der Waals surface area contributed by atoms with Gasteiger partial charge in [0.1, 0.15) is 0 Å². The SMILES string of the molecule is CCN(CC)c1ccc(Nc2ccc(NC(=O)c3ccco3)cc2)cc1. The third kappa shape index (κ3) is 4.25. The summed E-state index contributed by atoms with van der Waals surface area (Å²) in [6.45, 7) is 6.30. The van der Waals surface area contributed by atoms with Crippen molar-refractivity contribution in [3.05, 3.63) is 72.7 Å². The molecule has 0 saturated carbocycles. The van der Waals surface area contributed by atoms with Crippen molar-refractivity contribution in [3.63, 3.8) is 0 Å². The molecule has 1 amide bonds. The van der Waals surface area contributed by atoms with Crippen LogP contribution in [0.25, 0.3) is 0 Å². The van der Waals surface area contributed by atoms with Crippen molar-refractivity contribution >= 4 is 28.7 Å². The van der Waals surface area contributed by atoms with E-state index >= 15 is 0 Å². The number of hydrogen-bond acceptors (Lipinski definition) is 4. The van der Waals surface area contributed by atoms with Crippen molar-refractivity contribution < 1.29 is 9.21 Å². The Morgan fingerprint density at radius 3 is 2.00 bits per heavy atom. The molecule has 1 aromatic heterocycles. The molecule has 1 heterocycles. The van der Waals surface area contributed by atoms with Crippen LogP contribution in [-0.2, 0) is 0 Å². The number of carbonyl (C=O) groups excluding carboxylic acids is 1. The van der Waals surface area contributed by atoms with Gasteiger partial charge in [0.15, 0.2) is 5.76 Å². The number of benzene rings is 2. The Balaban J connectivity index is 1.61. The fourth-order valence-electron chi connectivity index (χ4n) is 2.75. The normalized spacial score (nSPS) is 10.4. The summed E-state index contributed by atoms with van der Waals surface area (Å²) in [5.74, 6) is 0.0307. The van der Waals surface area contributed by atoms with E-state index in [-0.39, 0.29) is 5.91 Å². The Labute approximate surface area is 153 Å². The smallest absolute Gasteiger partial charge is 0.291 e. The average molecular weight is 349 g/mol. The summed E-state index contributed by atoms with van der Waals surface area (Å²) in [4.78, 5) is 14.3. The highest BCUT2D eigenvalue weighted by molar-refractivity contribution is 6.02.